The van der Waals surface area contributed by atoms with Crippen molar-refractivity contribution in [3.8, 4) is 17.0 Å². The monoisotopic (exact) mass is 486 g/mol. The Hall–Kier alpha value is -2.78. The predicted molar refractivity (Wildman–Crippen MR) is 121 cm³/mol. The van der Waals surface area contributed by atoms with Gasteiger partial charge in [-0.25, -0.2) is 0 Å². The van der Waals surface area contributed by atoms with Crippen LogP contribution < -0.4 is 10.1 Å². The summed E-state index contributed by atoms with van der Waals surface area (Å²) in [6.45, 7) is 0. The number of aromatic nitrogens is 2. The van der Waals surface area contributed by atoms with Gasteiger partial charge in [-0.2, -0.15) is 5.10 Å². The lowest BCUT2D eigenvalue weighted by Crippen LogP contribution is -2.44. The number of rotatable bonds is 5. The molecule has 2 aromatic carbocycles. The minimum Gasteiger partial charge on any atom is -0.497 e. The fourth-order valence-electron chi connectivity index (χ4n) is 3.11. The maximum absolute atomic E-state index is 13.0. The highest BCUT2D eigenvalue weighted by Gasteiger charge is 2.36. The number of thioether (sulfide) groups is 1. The van der Waals surface area contributed by atoms with Gasteiger partial charge in [-0.1, -0.05) is 28.1 Å². The number of aromatic amines is 1. The molecular formula is C21H19BrN4O3S. The first-order valence-corrected chi connectivity index (χ1v) is 11.1. The number of ether oxygens (including phenoxy) is 1. The molecule has 1 saturated heterocycles. The second-order valence-electron chi connectivity index (χ2n) is 6.68. The Balaban J connectivity index is 1.46. The van der Waals surface area contributed by atoms with E-state index in [0.29, 0.717) is 34.5 Å². The van der Waals surface area contributed by atoms with Gasteiger partial charge >= 0.3 is 0 Å². The van der Waals surface area contributed by atoms with Gasteiger partial charge in [-0.15, -0.1) is 11.8 Å². The number of methoxy groups -OCH3 is 1. The standard InChI is InChI=1S/C21H19BrN4O3S/c1-29-16-8-6-15(7-9-16)23-20(27)19-11-30-12-26(19)21(28)18-10-17(24-25-18)13-2-4-14(22)5-3-13/h2-10,19H,11-12H2,1H3,(H,23,27)(H,24,25). The van der Waals surface area contributed by atoms with Crippen molar-refractivity contribution < 1.29 is 14.3 Å². The van der Waals surface area contributed by atoms with Crippen molar-refractivity contribution in [2.45, 2.75) is 6.04 Å². The van der Waals surface area contributed by atoms with Crippen molar-refractivity contribution in [2.75, 3.05) is 24.1 Å². The summed E-state index contributed by atoms with van der Waals surface area (Å²) in [7, 11) is 1.59. The molecule has 0 saturated carbocycles. The van der Waals surface area contributed by atoms with E-state index in [2.05, 4.69) is 31.4 Å². The summed E-state index contributed by atoms with van der Waals surface area (Å²) in [6, 6.07) is 15.9. The van der Waals surface area contributed by atoms with Crippen LogP contribution in [-0.2, 0) is 4.79 Å². The number of halogens is 1. The lowest BCUT2D eigenvalue weighted by molar-refractivity contribution is -0.119. The lowest BCUT2D eigenvalue weighted by atomic mass is 10.1. The van der Waals surface area contributed by atoms with E-state index < -0.39 is 6.04 Å². The molecule has 2 heterocycles. The molecule has 30 heavy (non-hydrogen) atoms. The van der Waals surface area contributed by atoms with Crippen LogP contribution >= 0.6 is 27.7 Å². The Bertz CT molecular complexity index is 1050. The number of nitrogens with one attached hydrogen (secondary N) is 2. The predicted octanol–water partition coefficient (Wildman–Crippen LogP) is 4.00. The number of anilines is 1. The molecule has 1 aromatic heterocycles. The van der Waals surface area contributed by atoms with Crippen LogP contribution in [0.4, 0.5) is 5.69 Å². The largest absolute Gasteiger partial charge is 0.497 e. The first-order chi connectivity index (χ1) is 14.5. The van der Waals surface area contributed by atoms with Gasteiger partial charge in [-0.3, -0.25) is 14.7 Å². The normalized spacial score (nSPS) is 15.8. The third-order valence-electron chi connectivity index (χ3n) is 4.75. The second kappa shape index (κ2) is 8.93. The molecule has 1 fully saturated rings. The molecule has 2 N–H and O–H groups in total. The Labute approximate surface area is 186 Å². The molecule has 0 radical (unpaired) electrons. The van der Waals surface area contributed by atoms with Crippen LogP contribution in [-0.4, -0.2) is 51.7 Å². The van der Waals surface area contributed by atoms with Crippen LogP contribution in [0.3, 0.4) is 0 Å². The zero-order chi connectivity index (χ0) is 21.1. The lowest BCUT2D eigenvalue weighted by Gasteiger charge is -2.22. The van der Waals surface area contributed by atoms with E-state index >= 15 is 0 Å². The van der Waals surface area contributed by atoms with Crippen LogP contribution in [0.5, 0.6) is 5.75 Å². The average Bonchev–Trinajstić information content (AvgIpc) is 3.44. The SMILES string of the molecule is COc1ccc(NC(=O)C2CSCN2C(=O)c2cc(-c3ccc(Br)cc3)n[nH]2)cc1. The molecule has 1 unspecified atom stereocenters. The number of carbonyl (C=O) groups excluding carboxylic acids is 2. The number of amides is 2. The quantitative estimate of drug-likeness (QED) is 0.568. The van der Waals surface area contributed by atoms with Crippen LogP contribution in [0, 0.1) is 0 Å². The summed E-state index contributed by atoms with van der Waals surface area (Å²) >= 11 is 4.95. The van der Waals surface area contributed by atoms with E-state index in [1.165, 1.54) is 0 Å². The Morgan fingerprint density at radius 3 is 2.63 bits per heavy atom. The number of nitrogens with zero attached hydrogens (tertiary/aromatic N) is 2. The van der Waals surface area contributed by atoms with Crippen LogP contribution in [0.2, 0.25) is 0 Å². The fourth-order valence-corrected chi connectivity index (χ4v) is 4.53. The van der Waals surface area contributed by atoms with Crippen molar-refractivity contribution in [3.05, 3.63) is 64.8 Å². The number of carbonyl (C=O) groups is 2. The zero-order valence-electron chi connectivity index (χ0n) is 16.1. The molecule has 1 aliphatic rings. The molecule has 1 atom stereocenters. The molecule has 1 aliphatic heterocycles. The van der Waals surface area contributed by atoms with E-state index in [1.807, 2.05) is 24.3 Å². The molecule has 3 aromatic rings. The van der Waals surface area contributed by atoms with Crippen molar-refractivity contribution >= 4 is 45.2 Å². The van der Waals surface area contributed by atoms with Gasteiger partial charge in [0.05, 0.1) is 18.7 Å². The van der Waals surface area contributed by atoms with Crippen molar-refractivity contribution in [1.82, 2.24) is 15.1 Å². The van der Waals surface area contributed by atoms with Gasteiger partial charge in [0, 0.05) is 21.5 Å². The first kappa shape index (κ1) is 20.5. The highest BCUT2D eigenvalue weighted by molar-refractivity contribution is 9.10. The number of H-pyrrole nitrogens is 1. The van der Waals surface area contributed by atoms with Gasteiger partial charge in [-0.05, 0) is 42.5 Å². The van der Waals surface area contributed by atoms with Gasteiger partial charge < -0.3 is 15.0 Å². The molecular weight excluding hydrogens is 468 g/mol. The Morgan fingerprint density at radius 2 is 1.93 bits per heavy atom. The summed E-state index contributed by atoms with van der Waals surface area (Å²) in [5, 5.41) is 9.94. The number of hydrogen-bond donors (Lipinski definition) is 2. The average molecular weight is 487 g/mol. The number of benzene rings is 2. The summed E-state index contributed by atoms with van der Waals surface area (Å²) in [6.07, 6.45) is 0. The highest BCUT2D eigenvalue weighted by atomic mass is 79.9. The molecule has 0 aliphatic carbocycles. The highest BCUT2D eigenvalue weighted by Crippen LogP contribution is 2.26. The van der Waals surface area contributed by atoms with E-state index in [9.17, 15) is 9.59 Å². The van der Waals surface area contributed by atoms with E-state index in [1.54, 1.807) is 54.1 Å². The van der Waals surface area contributed by atoms with E-state index in [0.717, 1.165) is 10.0 Å². The van der Waals surface area contributed by atoms with Gasteiger partial charge in [0.15, 0.2) is 0 Å². The molecule has 0 bridgehead atoms. The summed E-state index contributed by atoms with van der Waals surface area (Å²) in [5.41, 5.74) is 2.59. The van der Waals surface area contributed by atoms with Crippen LogP contribution in [0.15, 0.2) is 59.1 Å². The van der Waals surface area contributed by atoms with Crippen LogP contribution in [0.1, 0.15) is 10.5 Å². The smallest absolute Gasteiger partial charge is 0.273 e. The van der Waals surface area contributed by atoms with Gasteiger partial charge in [0.1, 0.15) is 17.5 Å². The molecule has 4 rings (SSSR count). The van der Waals surface area contributed by atoms with Crippen molar-refractivity contribution in [3.63, 3.8) is 0 Å². The third kappa shape index (κ3) is 4.36. The Kier molecular flexibility index (Phi) is 6.10. The van der Waals surface area contributed by atoms with Gasteiger partial charge in [0.25, 0.3) is 5.91 Å². The second-order valence-corrected chi connectivity index (χ2v) is 8.60. The molecule has 9 heteroatoms. The van der Waals surface area contributed by atoms with Crippen molar-refractivity contribution in [1.29, 1.82) is 0 Å². The fraction of sp³-hybridized carbons (Fsp3) is 0.190. The summed E-state index contributed by atoms with van der Waals surface area (Å²) < 4.78 is 6.10. The minimum atomic E-state index is -0.552. The van der Waals surface area contributed by atoms with E-state index in [-0.39, 0.29) is 11.8 Å². The maximum atomic E-state index is 13.0. The maximum Gasteiger partial charge on any atom is 0.273 e. The summed E-state index contributed by atoms with van der Waals surface area (Å²) in [4.78, 5) is 27.4. The van der Waals surface area contributed by atoms with Crippen LogP contribution in [0.25, 0.3) is 11.3 Å². The minimum absolute atomic E-state index is 0.217. The molecule has 7 nitrogen and oxygen atoms in total. The third-order valence-corrected chi connectivity index (χ3v) is 6.29. The van der Waals surface area contributed by atoms with Crippen molar-refractivity contribution in [2.24, 2.45) is 0 Å². The number of hydrogen-bond acceptors (Lipinski definition) is 5. The zero-order valence-corrected chi connectivity index (χ0v) is 18.5. The first-order valence-electron chi connectivity index (χ1n) is 9.20. The van der Waals surface area contributed by atoms with E-state index in [4.69, 9.17) is 4.74 Å². The summed E-state index contributed by atoms with van der Waals surface area (Å²) in [5.74, 6) is 1.24. The topological polar surface area (TPSA) is 87.3 Å². The molecule has 2 amide bonds. The van der Waals surface area contributed by atoms with Gasteiger partial charge in [0.2, 0.25) is 5.91 Å². The molecule has 154 valence electrons. The Morgan fingerprint density at radius 1 is 1.20 bits per heavy atom. The molecule has 0 spiro atoms.